The van der Waals surface area contributed by atoms with E-state index in [4.69, 9.17) is 0 Å². The zero-order valence-electron chi connectivity index (χ0n) is 12.3. The van der Waals surface area contributed by atoms with Gasteiger partial charge in [0.15, 0.2) is 0 Å². The standard InChI is InChI=1S/C15H32BrP/c1-5-9-13-17(16,12-8-4,14-10-6-2)15-11-7-3/h8,12H,5-7,9-11,13-15H2,1-4H3. The zero-order chi connectivity index (χ0) is 13.2. The Morgan fingerprint density at radius 1 is 0.824 bits per heavy atom. The SMILES string of the molecule is CC=CP(Br)(CCCC)(CCCC)CCCC. The minimum absolute atomic E-state index is 1.32. The molecule has 0 bridgehead atoms. The van der Waals surface area contributed by atoms with Gasteiger partial charge in [-0.25, -0.2) is 0 Å². The summed E-state index contributed by atoms with van der Waals surface area (Å²) in [4.78, 5) is 0. The van der Waals surface area contributed by atoms with Gasteiger partial charge in [-0.1, -0.05) is 0 Å². The van der Waals surface area contributed by atoms with Crippen LogP contribution in [-0.2, 0) is 0 Å². The molecule has 0 spiro atoms. The van der Waals surface area contributed by atoms with Crippen molar-refractivity contribution in [1.82, 2.24) is 0 Å². The maximum atomic E-state index is 4.30. The van der Waals surface area contributed by atoms with Crippen LogP contribution in [0, 0.1) is 0 Å². The maximum absolute atomic E-state index is 4.30. The van der Waals surface area contributed by atoms with Crippen molar-refractivity contribution in [2.24, 2.45) is 0 Å². The van der Waals surface area contributed by atoms with Crippen LogP contribution in [0.3, 0.4) is 0 Å². The Morgan fingerprint density at radius 2 is 1.18 bits per heavy atom. The van der Waals surface area contributed by atoms with E-state index in [1.54, 1.807) is 0 Å². The van der Waals surface area contributed by atoms with Crippen LogP contribution in [0.15, 0.2) is 11.9 Å². The van der Waals surface area contributed by atoms with Gasteiger partial charge in [-0.3, -0.25) is 0 Å². The molecule has 0 unspecified atom stereocenters. The van der Waals surface area contributed by atoms with Gasteiger partial charge in [0.1, 0.15) is 0 Å². The van der Waals surface area contributed by atoms with Gasteiger partial charge in [-0.2, -0.15) is 0 Å². The van der Waals surface area contributed by atoms with Gasteiger partial charge in [-0.05, 0) is 0 Å². The van der Waals surface area contributed by atoms with E-state index >= 15 is 0 Å². The molecule has 0 N–H and O–H groups in total. The van der Waals surface area contributed by atoms with Gasteiger partial charge in [0, 0.05) is 0 Å². The summed E-state index contributed by atoms with van der Waals surface area (Å²) in [6.45, 7) is 9.11. The molecule has 0 saturated heterocycles. The molecule has 0 heterocycles. The Hall–Kier alpha value is 0.650. The van der Waals surface area contributed by atoms with E-state index in [0.717, 1.165) is 0 Å². The van der Waals surface area contributed by atoms with Crippen molar-refractivity contribution in [2.45, 2.75) is 66.2 Å². The monoisotopic (exact) mass is 322 g/mol. The molecule has 0 radical (unpaired) electrons. The van der Waals surface area contributed by atoms with Gasteiger partial charge < -0.3 is 0 Å². The summed E-state index contributed by atoms with van der Waals surface area (Å²) in [7, 11) is 0. The minimum atomic E-state index is -1.71. The van der Waals surface area contributed by atoms with Gasteiger partial charge in [0.2, 0.25) is 0 Å². The summed E-state index contributed by atoms with van der Waals surface area (Å²) in [5.74, 6) is 2.58. The molecule has 0 aliphatic heterocycles. The number of allylic oxidation sites excluding steroid dienone is 1. The van der Waals surface area contributed by atoms with Gasteiger partial charge in [0.05, 0.1) is 0 Å². The first kappa shape index (κ1) is 17.6. The summed E-state index contributed by atoms with van der Waals surface area (Å²) in [6.07, 6.45) is 14.6. The fourth-order valence-corrected chi connectivity index (χ4v) is 10.6. The first-order chi connectivity index (χ1) is 8.04. The fourth-order valence-electron chi connectivity index (χ4n) is 2.53. The topological polar surface area (TPSA) is 0 Å². The predicted octanol–water partition coefficient (Wildman–Crippen LogP) is 6.78. The van der Waals surface area contributed by atoms with Crippen LogP contribution in [0.4, 0.5) is 0 Å². The molecule has 0 aromatic heterocycles. The molecule has 0 atom stereocenters. The van der Waals surface area contributed by atoms with Crippen molar-refractivity contribution in [1.29, 1.82) is 0 Å². The average Bonchev–Trinajstić information content (AvgIpc) is 2.33. The van der Waals surface area contributed by atoms with E-state index in [1.807, 2.05) is 0 Å². The third-order valence-corrected chi connectivity index (χ3v) is 12.7. The van der Waals surface area contributed by atoms with E-state index in [0.29, 0.717) is 0 Å². The van der Waals surface area contributed by atoms with Gasteiger partial charge >= 0.3 is 117 Å². The van der Waals surface area contributed by atoms with Crippen LogP contribution >= 0.6 is 20.8 Å². The number of rotatable bonds is 10. The number of hydrogen-bond acceptors (Lipinski definition) is 0. The van der Waals surface area contributed by atoms with Crippen molar-refractivity contribution in [3.8, 4) is 0 Å². The second-order valence-electron chi connectivity index (χ2n) is 5.39. The van der Waals surface area contributed by atoms with Crippen molar-refractivity contribution >= 4 is 20.8 Å². The van der Waals surface area contributed by atoms with E-state index in [1.165, 1.54) is 57.0 Å². The first-order valence-corrected chi connectivity index (χ1v) is 12.3. The van der Waals surface area contributed by atoms with Crippen LogP contribution in [0.1, 0.15) is 66.2 Å². The summed E-state index contributed by atoms with van der Waals surface area (Å²) in [5, 5.41) is -1.71. The summed E-state index contributed by atoms with van der Waals surface area (Å²) >= 11 is 4.30. The van der Waals surface area contributed by atoms with Crippen LogP contribution in [0.25, 0.3) is 0 Å². The predicted molar refractivity (Wildman–Crippen MR) is 90.0 cm³/mol. The molecule has 0 fully saturated rings. The average molecular weight is 323 g/mol. The molecule has 0 nitrogen and oxygen atoms in total. The number of halogens is 1. The summed E-state index contributed by atoms with van der Waals surface area (Å²) < 4.78 is 0. The Morgan fingerprint density at radius 3 is 1.41 bits per heavy atom. The summed E-state index contributed by atoms with van der Waals surface area (Å²) in [5.41, 5.74) is 0. The quantitative estimate of drug-likeness (QED) is 0.389. The first-order valence-electron chi connectivity index (χ1n) is 7.41. The molecular weight excluding hydrogens is 291 g/mol. The molecule has 0 aliphatic rings. The molecule has 17 heavy (non-hydrogen) atoms. The van der Waals surface area contributed by atoms with Crippen LogP contribution < -0.4 is 0 Å². The molecule has 0 aliphatic carbocycles. The molecule has 0 aromatic carbocycles. The second kappa shape index (κ2) is 8.70. The molecule has 0 saturated carbocycles. The van der Waals surface area contributed by atoms with E-state index in [-0.39, 0.29) is 0 Å². The van der Waals surface area contributed by atoms with E-state index in [2.05, 4.69) is 55.1 Å². The Balaban J connectivity index is 4.90. The molecule has 2 heteroatoms. The molecule has 0 rings (SSSR count). The molecule has 0 aromatic rings. The van der Waals surface area contributed by atoms with Gasteiger partial charge in [0.25, 0.3) is 0 Å². The Bertz CT molecular complexity index is 198. The molecule has 104 valence electrons. The van der Waals surface area contributed by atoms with E-state index < -0.39 is 5.31 Å². The molecule has 0 amide bonds. The third kappa shape index (κ3) is 6.39. The zero-order valence-corrected chi connectivity index (χ0v) is 14.8. The Kier molecular flexibility index (Phi) is 9.03. The molecular formula is C15H32BrP. The van der Waals surface area contributed by atoms with Gasteiger partial charge in [-0.15, -0.1) is 0 Å². The van der Waals surface area contributed by atoms with Crippen molar-refractivity contribution in [2.75, 3.05) is 18.5 Å². The normalized spacial score (nSPS) is 15.0. The Labute approximate surface area is 117 Å². The second-order valence-corrected chi connectivity index (χ2v) is 16.1. The van der Waals surface area contributed by atoms with Crippen LogP contribution in [0.2, 0.25) is 0 Å². The van der Waals surface area contributed by atoms with Crippen LogP contribution in [-0.4, -0.2) is 18.5 Å². The van der Waals surface area contributed by atoms with Crippen molar-refractivity contribution in [3.05, 3.63) is 11.9 Å². The summed E-state index contributed by atoms with van der Waals surface area (Å²) in [6, 6.07) is 0. The van der Waals surface area contributed by atoms with Crippen molar-refractivity contribution < 1.29 is 0 Å². The van der Waals surface area contributed by atoms with E-state index in [9.17, 15) is 0 Å². The third-order valence-electron chi connectivity index (χ3n) is 3.65. The van der Waals surface area contributed by atoms with Crippen molar-refractivity contribution in [3.63, 3.8) is 0 Å². The fraction of sp³-hybridized carbons (Fsp3) is 0.867. The number of hydrogen-bond donors (Lipinski definition) is 0. The van der Waals surface area contributed by atoms with Crippen LogP contribution in [0.5, 0.6) is 0 Å². The number of unbranched alkanes of at least 4 members (excludes halogenated alkanes) is 3.